The Morgan fingerprint density at radius 2 is 2.07 bits per heavy atom. The van der Waals surface area contributed by atoms with Gasteiger partial charge in [-0.25, -0.2) is 0 Å². The fourth-order valence-electron chi connectivity index (χ4n) is 0.921. The molecular formula is C9H18N2O3. The smallest absolute Gasteiger partial charge is 0.305 e. The Kier molecular flexibility index (Phi) is 7.83. The predicted octanol–water partition coefficient (Wildman–Crippen LogP) is -0.335. The second-order valence-electron chi connectivity index (χ2n) is 2.81. The number of amides is 1. The van der Waals surface area contributed by atoms with Gasteiger partial charge in [0.25, 0.3) is 0 Å². The number of carbonyl (C=O) groups is 2. The lowest BCUT2D eigenvalue weighted by Crippen LogP contribution is -2.34. The molecule has 0 radical (unpaired) electrons. The van der Waals surface area contributed by atoms with E-state index in [-0.39, 0.29) is 11.9 Å². The van der Waals surface area contributed by atoms with Crippen molar-refractivity contribution < 1.29 is 14.3 Å². The topological polar surface area (TPSA) is 67.4 Å². The molecule has 0 saturated heterocycles. The van der Waals surface area contributed by atoms with Gasteiger partial charge in [-0.15, -0.1) is 0 Å². The zero-order valence-electron chi connectivity index (χ0n) is 8.76. The van der Waals surface area contributed by atoms with Gasteiger partial charge in [-0.1, -0.05) is 0 Å². The average molecular weight is 202 g/mol. The van der Waals surface area contributed by atoms with Crippen LogP contribution in [0.3, 0.4) is 0 Å². The summed E-state index contributed by atoms with van der Waals surface area (Å²) in [6, 6.07) is 0. The van der Waals surface area contributed by atoms with Crippen LogP contribution in [0, 0.1) is 0 Å². The molecule has 5 heteroatoms. The molecule has 0 bridgehead atoms. The lowest BCUT2D eigenvalue weighted by atomic mass is 10.3. The van der Waals surface area contributed by atoms with Gasteiger partial charge < -0.3 is 15.4 Å². The largest absolute Gasteiger partial charge is 0.469 e. The van der Waals surface area contributed by atoms with Crippen LogP contribution in [0.4, 0.5) is 0 Å². The standard InChI is InChI=1S/C9H18N2O3/c1-3-11-8(12)7-10-6-4-5-9(13)14-2/h10H,3-7H2,1-2H3,(H,11,12). The summed E-state index contributed by atoms with van der Waals surface area (Å²) >= 11 is 0. The molecule has 0 saturated carbocycles. The second-order valence-corrected chi connectivity index (χ2v) is 2.81. The first kappa shape index (κ1) is 12.9. The minimum absolute atomic E-state index is 0.0226. The van der Waals surface area contributed by atoms with Crippen molar-refractivity contribution in [2.45, 2.75) is 19.8 Å². The Morgan fingerprint density at radius 3 is 2.64 bits per heavy atom. The van der Waals surface area contributed by atoms with E-state index in [0.29, 0.717) is 32.5 Å². The van der Waals surface area contributed by atoms with Crippen molar-refractivity contribution in [2.24, 2.45) is 0 Å². The van der Waals surface area contributed by atoms with Gasteiger partial charge in [0.2, 0.25) is 5.91 Å². The summed E-state index contributed by atoms with van der Waals surface area (Å²) in [6.45, 7) is 3.46. The summed E-state index contributed by atoms with van der Waals surface area (Å²) in [5, 5.41) is 5.59. The van der Waals surface area contributed by atoms with Crippen LogP contribution in [0.2, 0.25) is 0 Å². The number of hydrogen-bond acceptors (Lipinski definition) is 4. The zero-order valence-corrected chi connectivity index (χ0v) is 8.76. The molecule has 0 aliphatic carbocycles. The Bertz CT molecular complexity index is 183. The number of carbonyl (C=O) groups excluding carboxylic acids is 2. The van der Waals surface area contributed by atoms with E-state index in [0.717, 1.165) is 0 Å². The van der Waals surface area contributed by atoms with Gasteiger partial charge in [0.1, 0.15) is 0 Å². The maximum absolute atomic E-state index is 10.9. The number of esters is 1. The van der Waals surface area contributed by atoms with Gasteiger partial charge in [-0.05, 0) is 19.9 Å². The SMILES string of the molecule is CCNC(=O)CNCCCC(=O)OC. The third-order valence-corrected chi connectivity index (χ3v) is 1.62. The van der Waals surface area contributed by atoms with Crippen molar-refractivity contribution in [1.82, 2.24) is 10.6 Å². The molecule has 0 rings (SSSR count). The fraction of sp³-hybridized carbons (Fsp3) is 0.778. The monoisotopic (exact) mass is 202 g/mol. The minimum atomic E-state index is -0.218. The van der Waals surface area contributed by atoms with E-state index in [2.05, 4.69) is 15.4 Å². The van der Waals surface area contributed by atoms with Crippen molar-refractivity contribution in [2.75, 3.05) is 26.7 Å². The van der Waals surface area contributed by atoms with E-state index in [1.54, 1.807) is 0 Å². The number of nitrogens with one attached hydrogen (secondary N) is 2. The molecule has 14 heavy (non-hydrogen) atoms. The van der Waals surface area contributed by atoms with Crippen molar-refractivity contribution in [3.8, 4) is 0 Å². The zero-order chi connectivity index (χ0) is 10.8. The second kappa shape index (κ2) is 8.50. The summed E-state index contributed by atoms with van der Waals surface area (Å²) in [5.74, 6) is -0.240. The van der Waals surface area contributed by atoms with Gasteiger partial charge in [-0.3, -0.25) is 9.59 Å². The van der Waals surface area contributed by atoms with Crippen LogP contribution in [-0.4, -0.2) is 38.6 Å². The highest BCUT2D eigenvalue weighted by Gasteiger charge is 2.00. The van der Waals surface area contributed by atoms with Crippen molar-refractivity contribution in [3.05, 3.63) is 0 Å². The van der Waals surface area contributed by atoms with E-state index in [1.165, 1.54) is 7.11 Å². The number of hydrogen-bond donors (Lipinski definition) is 2. The van der Waals surface area contributed by atoms with E-state index in [4.69, 9.17) is 0 Å². The van der Waals surface area contributed by atoms with Crippen LogP contribution in [0.25, 0.3) is 0 Å². The molecule has 0 atom stereocenters. The maximum atomic E-state index is 10.9. The molecule has 82 valence electrons. The number of ether oxygens (including phenoxy) is 1. The number of rotatable bonds is 7. The highest BCUT2D eigenvalue weighted by molar-refractivity contribution is 5.77. The highest BCUT2D eigenvalue weighted by Crippen LogP contribution is 1.88. The molecule has 0 heterocycles. The molecule has 0 spiro atoms. The van der Waals surface area contributed by atoms with Gasteiger partial charge in [0.15, 0.2) is 0 Å². The molecule has 0 aliphatic rings. The number of methoxy groups -OCH3 is 1. The van der Waals surface area contributed by atoms with E-state index in [9.17, 15) is 9.59 Å². The normalized spacial score (nSPS) is 9.57. The van der Waals surface area contributed by atoms with Gasteiger partial charge in [0, 0.05) is 13.0 Å². The van der Waals surface area contributed by atoms with Crippen LogP contribution in [-0.2, 0) is 14.3 Å². The van der Waals surface area contributed by atoms with E-state index >= 15 is 0 Å². The maximum Gasteiger partial charge on any atom is 0.305 e. The average Bonchev–Trinajstić information content (AvgIpc) is 2.17. The molecular weight excluding hydrogens is 184 g/mol. The third-order valence-electron chi connectivity index (χ3n) is 1.62. The number of likely N-dealkylation sites (N-methyl/N-ethyl adjacent to an activating group) is 1. The Morgan fingerprint density at radius 1 is 1.36 bits per heavy atom. The molecule has 0 aromatic carbocycles. The molecule has 2 N–H and O–H groups in total. The molecule has 0 fully saturated rings. The molecule has 0 aromatic rings. The van der Waals surface area contributed by atoms with Crippen molar-refractivity contribution in [3.63, 3.8) is 0 Å². The molecule has 0 unspecified atom stereocenters. The Labute approximate surface area is 84.2 Å². The van der Waals surface area contributed by atoms with E-state index in [1.807, 2.05) is 6.92 Å². The fourth-order valence-corrected chi connectivity index (χ4v) is 0.921. The van der Waals surface area contributed by atoms with Gasteiger partial charge in [-0.2, -0.15) is 0 Å². The summed E-state index contributed by atoms with van der Waals surface area (Å²) in [7, 11) is 1.37. The summed E-state index contributed by atoms with van der Waals surface area (Å²) < 4.78 is 4.47. The summed E-state index contributed by atoms with van der Waals surface area (Å²) in [4.78, 5) is 21.6. The quantitative estimate of drug-likeness (QED) is 0.438. The Balaban J connectivity index is 3.21. The molecule has 0 aliphatic heterocycles. The summed E-state index contributed by atoms with van der Waals surface area (Å²) in [6.07, 6.45) is 1.07. The highest BCUT2D eigenvalue weighted by atomic mass is 16.5. The van der Waals surface area contributed by atoms with Gasteiger partial charge >= 0.3 is 5.97 Å². The van der Waals surface area contributed by atoms with Crippen LogP contribution >= 0.6 is 0 Å². The summed E-state index contributed by atoms with van der Waals surface area (Å²) in [5.41, 5.74) is 0. The molecule has 0 aromatic heterocycles. The molecule has 5 nitrogen and oxygen atoms in total. The van der Waals surface area contributed by atoms with Crippen LogP contribution in [0.15, 0.2) is 0 Å². The Hall–Kier alpha value is -1.10. The van der Waals surface area contributed by atoms with Crippen LogP contribution in [0.5, 0.6) is 0 Å². The first-order chi connectivity index (χ1) is 6.70. The van der Waals surface area contributed by atoms with Crippen molar-refractivity contribution >= 4 is 11.9 Å². The third kappa shape index (κ3) is 7.54. The van der Waals surface area contributed by atoms with Crippen molar-refractivity contribution in [1.29, 1.82) is 0 Å². The predicted molar refractivity (Wildman–Crippen MR) is 52.8 cm³/mol. The van der Waals surface area contributed by atoms with E-state index < -0.39 is 0 Å². The molecule has 1 amide bonds. The van der Waals surface area contributed by atoms with Gasteiger partial charge in [0.05, 0.1) is 13.7 Å². The first-order valence-corrected chi connectivity index (χ1v) is 4.75. The lowest BCUT2D eigenvalue weighted by Gasteiger charge is -2.04. The van der Waals surface area contributed by atoms with Crippen LogP contribution in [0.1, 0.15) is 19.8 Å². The minimum Gasteiger partial charge on any atom is -0.469 e. The lowest BCUT2D eigenvalue weighted by molar-refractivity contribution is -0.140. The van der Waals surface area contributed by atoms with Crippen LogP contribution < -0.4 is 10.6 Å². The first-order valence-electron chi connectivity index (χ1n) is 4.75.